The lowest BCUT2D eigenvalue weighted by molar-refractivity contribution is -0.124. The van der Waals surface area contributed by atoms with Crippen LogP contribution in [0.4, 0.5) is 0 Å². The van der Waals surface area contributed by atoms with Crippen molar-refractivity contribution in [1.29, 1.82) is 0 Å². The lowest BCUT2D eigenvalue weighted by atomic mass is 10.1. The topological polar surface area (TPSA) is 59.1 Å². The molecule has 2 heterocycles. The number of hydrogen-bond acceptors (Lipinski definition) is 3. The molecule has 0 aliphatic carbocycles. The van der Waals surface area contributed by atoms with E-state index in [4.69, 9.17) is 0 Å². The molecule has 2 amide bonds. The highest BCUT2D eigenvalue weighted by Crippen LogP contribution is 2.27. The van der Waals surface area contributed by atoms with Crippen LogP contribution in [-0.4, -0.2) is 16.8 Å². The molecule has 3 rings (SSSR count). The van der Waals surface area contributed by atoms with Gasteiger partial charge >= 0.3 is 0 Å². The van der Waals surface area contributed by atoms with Gasteiger partial charge in [-0.1, -0.05) is 28.1 Å². The summed E-state index contributed by atoms with van der Waals surface area (Å²) in [5.74, 6) is -0.581. The van der Waals surface area contributed by atoms with Crippen LogP contribution in [0.2, 0.25) is 0 Å². The second-order valence-electron chi connectivity index (χ2n) is 4.26. The van der Waals surface area contributed by atoms with Crippen LogP contribution in [0.3, 0.4) is 0 Å². The quantitative estimate of drug-likeness (QED) is 0.649. The maximum atomic E-state index is 11.6. The van der Waals surface area contributed by atoms with Gasteiger partial charge < -0.3 is 0 Å². The Morgan fingerprint density at radius 2 is 2.11 bits per heavy atom. The maximum absolute atomic E-state index is 11.6. The molecule has 0 atom stereocenters. The Hall–Kier alpha value is -2.01. The van der Waals surface area contributed by atoms with Gasteiger partial charge in [0.15, 0.2) is 0 Å². The molecule has 1 fully saturated rings. The minimum atomic E-state index is -0.322. The molecule has 5 heteroatoms. The largest absolute Gasteiger partial charge is 0.292 e. The summed E-state index contributed by atoms with van der Waals surface area (Å²) in [5, 5.41) is 3.24. The summed E-state index contributed by atoms with van der Waals surface area (Å²) in [6, 6.07) is 7.59. The number of carbonyl (C=O) groups excluding carboxylic acids is 2. The van der Waals surface area contributed by atoms with Gasteiger partial charge in [0.2, 0.25) is 5.91 Å². The number of nitrogens with zero attached hydrogens (tertiary/aromatic N) is 1. The predicted octanol–water partition coefficient (Wildman–Crippen LogP) is 2.43. The zero-order valence-electron chi connectivity index (χ0n) is 9.81. The van der Waals surface area contributed by atoms with Crippen LogP contribution in [0.1, 0.15) is 12.0 Å². The van der Waals surface area contributed by atoms with Gasteiger partial charge in [-0.3, -0.25) is 19.9 Å². The Balaban J connectivity index is 2.17. The van der Waals surface area contributed by atoms with E-state index >= 15 is 0 Å². The lowest BCUT2D eigenvalue weighted by Gasteiger charge is -2.04. The average molecular weight is 317 g/mol. The van der Waals surface area contributed by atoms with E-state index in [0.29, 0.717) is 5.57 Å². The molecule has 1 N–H and O–H groups in total. The van der Waals surface area contributed by atoms with Crippen molar-refractivity contribution in [2.24, 2.45) is 0 Å². The van der Waals surface area contributed by atoms with Crippen molar-refractivity contribution in [2.75, 3.05) is 0 Å². The summed E-state index contributed by atoms with van der Waals surface area (Å²) < 4.78 is 0.949. The lowest BCUT2D eigenvalue weighted by Crippen LogP contribution is -2.19. The van der Waals surface area contributed by atoms with Crippen LogP contribution in [0.25, 0.3) is 17.0 Å². The molecule has 1 aromatic carbocycles. The van der Waals surface area contributed by atoms with Crippen LogP contribution in [0, 0.1) is 0 Å². The highest BCUT2D eigenvalue weighted by molar-refractivity contribution is 9.10. The third-order valence-corrected chi connectivity index (χ3v) is 3.66. The molecule has 94 valence electrons. The van der Waals surface area contributed by atoms with E-state index in [1.165, 1.54) is 0 Å². The number of rotatable bonds is 1. The predicted molar refractivity (Wildman–Crippen MR) is 75.2 cm³/mol. The first kappa shape index (κ1) is 12.0. The summed E-state index contributed by atoms with van der Waals surface area (Å²) in [7, 11) is 0. The van der Waals surface area contributed by atoms with Gasteiger partial charge in [0.05, 0.1) is 11.9 Å². The molecule has 1 aliphatic rings. The fourth-order valence-corrected chi connectivity index (χ4v) is 2.54. The van der Waals surface area contributed by atoms with E-state index in [1.54, 1.807) is 12.3 Å². The molecular formula is C14H9BrN2O2. The van der Waals surface area contributed by atoms with Gasteiger partial charge in [0.25, 0.3) is 5.91 Å². The number of amides is 2. The maximum Gasteiger partial charge on any atom is 0.254 e. The van der Waals surface area contributed by atoms with Gasteiger partial charge in [-0.2, -0.15) is 0 Å². The second-order valence-corrected chi connectivity index (χ2v) is 5.11. The first-order valence-corrected chi connectivity index (χ1v) is 6.52. The average Bonchev–Trinajstić information content (AvgIpc) is 2.72. The monoisotopic (exact) mass is 316 g/mol. The molecule has 0 unspecified atom stereocenters. The molecule has 0 spiro atoms. The number of pyridine rings is 1. The summed E-state index contributed by atoms with van der Waals surface area (Å²) in [6.45, 7) is 0. The fraction of sp³-hybridized carbons (Fsp3) is 0.0714. The number of carbonyl (C=O) groups is 2. The first-order valence-electron chi connectivity index (χ1n) is 5.73. The zero-order chi connectivity index (χ0) is 13.4. The van der Waals surface area contributed by atoms with Crippen LogP contribution in [0.5, 0.6) is 0 Å². The van der Waals surface area contributed by atoms with Gasteiger partial charge in [-0.25, -0.2) is 0 Å². The summed E-state index contributed by atoms with van der Waals surface area (Å²) >= 11 is 3.47. The van der Waals surface area contributed by atoms with Crippen LogP contribution in [0.15, 0.2) is 40.5 Å². The number of nitrogens with one attached hydrogen (secondary N) is 1. The Bertz CT molecular complexity index is 737. The number of aromatic nitrogens is 1. The van der Waals surface area contributed by atoms with Crippen molar-refractivity contribution in [3.63, 3.8) is 0 Å². The normalized spacial score (nSPS) is 17.2. The van der Waals surface area contributed by atoms with Crippen LogP contribution >= 0.6 is 15.9 Å². The van der Waals surface area contributed by atoms with Crippen molar-refractivity contribution in [1.82, 2.24) is 10.3 Å². The van der Waals surface area contributed by atoms with E-state index in [2.05, 4.69) is 26.2 Å². The smallest absolute Gasteiger partial charge is 0.254 e. The highest BCUT2D eigenvalue weighted by atomic mass is 79.9. The standard InChI is InChI=1S/C14H9BrN2O2/c15-11-4-3-8(13-10(11)2-1-5-16-13)6-9-7-12(18)17-14(9)19/h1-6H,7H2,(H,17,18,19)/b9-6-. The number of imide groups is 1. The minimum absolute atomic E-state index is 0.128. The first-order chi connectivity index (χ1) is 9.15. The zero-order valence-corrected chi connectivity index (χ0v) is 11.4. The molecular weight excluding hydrogens is 308 g/mol. The van der Waals surface area contributed by atoms with Crippen molar-refractivity contribution >= 4 is 44.7 Å². The van der Waals surface area contributed by atoms with Crippen LogP contribution < -0.4 is 5.32 Å². The summed E-state index contributed by atoms with van der Waals surface area (Å²) in [4.78, 5) is 27.1. The molecule has 2 aromatic rings. The van der Waals surface area contributed by atoms with E-state index in [1.807, 2.05) is 24.3 Å². The van der Waals surface area contributed by atoms with E-state index < -0.39 is 0 Å². The molecule has 19 heavy (non-hydrogen) atoms. The number of halogens is 1. The molecule has 0 radical (unpaired) electrons. The molecule has 1 aliphatic heterocycles. The Labute approximate surface area is 117 Å². The van der Waals surface area contributed by atoms with Gasteiger partial charge in [-0.05, 0) is 18.2 Å². The number of hydrogen-bond donors (Lipinski definition) is 1. The van der Waals surface area contributed by atoms with Crippen molar-refractivity contribution in [3.8, 4) is 0 Å². The van der Waals surface area contributed by atoms with Crippen molar-refractivity contribution < 1.29 is 9.59 Å². The molecule has 1 saturated heterocycles. The third-order valence-electron chi connectivity index (χ3n) is 2.97. The van der Waals surface area contributed by atoms with Gasteiger partial charge in [0, 0.05) is 27.2 Å². The fourth-order valence-electron chi connectivity index (χ4n) is 2.08. The van der Waals surface area contributed by atoms with E-state index in [-0.39, 0.29) is 18.2 Å². The van der Waals surface area contributed by atoms with Crippen LogP contribution in [-0.2, 0) is 9.59 Å². The molecule has 0 saturated carbocycles. The SMILES string of the molecule is O=C1C/C(=C/c2ccc(Br)c3cccnc23)C(=O)N1. The van der Waals surface area contributed by atoms with Gasteiger partial charge in [-0.15, -0.1) is 0 Å². The highest BCUT2D eigenvalue weighted by Gasteiger charge is 2.23. The Morgan fingerprint density at radius 3 is 2.84 bits per heavy atom. The minimum Gasteiger partial charge on any atom is -0.292 e. The van der Waals surface area contributed by atoms with E-state index in [9.17, 15) is 9.59 Å². The Kier molecular flexibility index (Phi) is 2.91. The van der Waals surface area contributed by atoms with Gasteiger partial charge in [0.1, 0.15) is 0 Å². The third kappa shape index (κ3) is 2.17. The van der Waals surface area contributed by atoms with Crippen molar-refractivity contribution in [2.45, 2.75) is 6.42 Å². The molecule has 0 bridgehead atoms. The number of benzene rings is 1. The van der Waals surface area contributed by atoms with Crippen molar-refractivity contribution in [3.05, 3.63) is 46.1 Å². The second kappa shape index (κ2) is 4.59. The summed E-state index contributed by atoms with van der Waals surface area (Å²) in [6.07, 6.45) is 3.56. The molecule has 4 nitrogen and oxygen atoms in total. The number of fused-ring (bicyclic) bond motifs is 1. The van der Waals surface area contributed by atoms with E-state index in [0.717, 1.165) is 20.9 Å². The Morgan fingerprint density at radius 1 is 1.26 bits per heavy atom. The molecule has 1 aromatic heterocycles. The summed E-state index contributed by atoms with van der Waals surface area (Å²) in [5.41, 5.74) is 2.11.